The third-order valence-electron chi connectivity index (χ3n) is 10.2. The van der Waals surface area contributed by atoms with E-state index in [0.29, 0.717) is 84.3 Å². The van der Waals surface area contributed by atoms with Crippen LogP contribution in [0.3, 0.4) is 0 Å². The van der Waals surface area contributed by atoms with Gasteiger partial charge in [-0.2, -0.15) is 0 Å². The fourth-order valence-electron chi connectivity index (χ4n) is 6.67. The number of aliphatic carboxylic acids is 1. The molecule has 0 radical (unpaired) electrons. The van der Waals surface area contributed by atoms with Gasteiger partial charge < -0.3 is 69.9 Å². The van der Waals surface area contributed by atoms with Crippen molar-refractivity contribution >= 4 is 23.7 Å². The lowest BCUT2D eigenvalue weighted by Gasteiger charge is -2.46. The van der Waals surface area contributed by atoms with Crippen molar-refractivity contribution in [3.05, 3.63) is 47.3 Å². The van der Waals surface area contributed by atoms with E-state index >= 15 is 0 Å². The molecule has 0 unspecified atom stereocenters. The Kier molecular flexibility index (Phi) is 26.1. The molecular weight excluding hydrogens is 866 g/mol. The fraction of sp³-hybridized carbons (Fsp3) is 0.714. The number of aromatic nitrogens is 3. The molecule has 1 aromatic carbocycles. The first-order valence-corrected chi connectivity index (χ1v) is 21.8. The highest BCUT2D eigenvalue weighted by molar-refractivity contribution is 5.79. The number of nitrogens with zero attached hydrogens (tertiary/aromatic N) is 3. The Morgan fingerprint density at radius 1 is 0.862 bits per heavy atom. The highest BCUT2D eigenvalue weighted by Gasteiger charge is 2.55. The lowest BCUT2D eigenvalue weighted by Crippen LogP contribution is -2.68. The Bertz CT molecular complexity index is 1680. The molecule has 0 spiro atoms. The zero-order valence-corrected chi connectivity index (χ0v) is 36.8. The summed E-state index contributed by atoms with van der Waals surface area (Å²) < 4.78 is 60.7. The molecule has 1 aromatic heterocycles. The number of unbranched alkanes of at least 4 members (excludes halogenated alkanes) is 5. The highest BCUT2D eigenvalue weighted by Crippen LogP contribution is 2.34. The van der Waals surface area contributed by atoms with Crippen LogP contribution in [0.25, 0.3) is 0 Å². The molecule has 0 bridgehead atoms. The van der Waals surface area contributed by atoms with Gasteiger partial charge in [0, 0.05) is 38.2 Å². The summed E-state index contributed by atoms with van der Waals surface area (Å²) in [5, 5.41) is 68.1. The Morgan fingerprint density at radius 2 is 1.48 bits per heavy atom. The molecule has 2 heterocycles. The molecule has 3 amide bonds. The molecule has 23 heteroatoms. The number of carboxylic acids is 1. The molecule has 0 aliphatic carbocycles. The van der Waals surface area contributed by atoms with Gasteiger partial charge in [0.2, 0.25) is 17.7 Å². The molecule has 1 fully saturated rings. The van der Waals surface area contributed by atoms with Crippen LogP contribution in [0.1, 0.15) is 75.1 Å². The van der Waals surface area contributed by atoms with Crippen LogP contribution in [-0.4, -0.2) is 180 Å². The first-order valence-electron chi connectivity index (χ1n) is 21.8. The van der Waals surface area contributed by atoms with E-state index < -0.39 is 80.0 Å². The zero-order valence-electron chi connectivity index (χ0n) is 36.8. The molecule has 368 valence electrons. The summed E-state index contributed by atoms with van der Waals surface area (Å²) in [6, 6.07) is 3.57. The average molecular weight is 933 g/mol. The number of hydrogen-bond acceptors (Lipinski definition) is 16. The minimum atomic E-state index is -2.68. The van der Waals surface area contributed by atoms with Gasteiger partial charge in [-0.1, -0.05) is 55.2 Å². The summed E-state index contributed by atoms with van der Waals surface area (Å²) >= 11 is 0. The highest BCUT2D eigenvalue weighted by atomic mass is 19.3. The first-order chi connectivity index (χ1) is 31.2. The Morgan fingerprint density at radius 3 is 2.09 bits per heavy atom. The van der Waals surface area contributed by atoms with Gasteiger partial charge >= 0.3 is 5.97 Å². The zero-order chi connectivity index (χ0) is 47.5. The number of rotatable bonds is 35. The van der Waals surface area contributed by atoms with Crippen molar-refractivity contribution in [3.63, 3.8) is 0 Å². The van der Waals surface area contributed by atoms with Crippen molar-refractivity contribution in [2.24, 2.45) is 0 Å². The van der Waals surface area contributed by atoms with E-state index in [1.807, 2.05) is 6.20 Å². The number of carboxylic acid groups (broad SMARTS) is 1. The molecule has 1 aliphatic rings. The van der Waals surface area contributed by atoms with Crippen molar-refractivity contribution in [2.45, 2.75) is 114 Å². The Hall–Kier alpha value is -4.30. The number of hydrogen-bond donors (Lipinski definition) is 8. The molecular formula is C42H66F2N6O15. The molecule has 21 nitrogen and oxygen atoms in total. The summed E-state index contributed by atoms with van der Waals surface area (Å²) in [5.41, 5.74) is 1.05. The van der Waals surface area contributed by atoms with Crippen molar-refractivity contribution in [1.82, 2.24) is 30.9 Å². The molecule has 3 rings (SSSR count). The Labute approximate surface area is 376 Å². The van der Waals surface area contributed by atoms with Crippen LogP contribution >= 0.6 is 0 Å². The number of nitrogens with one attached hydrogen (secondary N) is 3. The SMILES string of the molecule is CC(=O)NCCOCCOCCOCCOCCn1cc(CCCCCCCCO[C@]2(C(=O)O)C[C@H](O)[C@@H](NC(=O)CO)[C@H]([C@H](O)[C@H](O)CNC(=O)Cc3ccc(C(F)F)cc3)O2)nn1. The summed E-state index contributed by atoms with van der Waals surface area (Å²) in [6.07, 6.45) is -3.54. The van der Waals surface area contributed by atoms with Crippen LogP contribution in [-0.2, 0) is 67.0 Å². The quantitative estimate of drug-likeness (QED) is 0.0416. The van der Waals surface area contributed by atoms with Crippen LogP contribution in [0.5, 0.6) is 0 Å². The van der Waals surface area contributed by atoms with Crippen LogP contribution in [0.4, 0.5) is 8.78 Å². The second kappa shape index (κ2) is 30.8. The van der Waals surface area contributed by atoms with Crippen LogP contribution < -0.4 is 16.0 Å². The maximum Gasteiger partial charge on any atom is 0.364 e. The number of carbonyl (C=O) groups is 4. The van der Waals surface area contributed by atoms with Gasteiger partial charge in [-0.15, -0.1) is 5.10 Å². The summed E-state index contributed by atoms with van der Waals surface area (Å²) in [7, 11) is 0. The van der Waals surface area contributed by atoms with E-state index in [-0.39, 0.29) is 24.5 Å². The number of amides is 3. The minimum absolute atomic E-state index is 0.0923. The third kappa shape index (κ3) is 21.3. The molecule has 6 atom stereocenters. The molecule has 1 saturated heterocycles. The number of aryl methyl sites for hydroxylation is 1. The van der Waals surface area contributed by atoms with Gasteiger partial charge in [-0.3, -0.25) is 14.4 Å². The number of halogens is 2. The average Bonchev–Trinajstić information content (AvgIpc) is 3.74. The molecule has 2 aromatic rings. The van der Waals surface area contributed by atoms with Crippen molar-refractivity contribution in [3.8, 4) is 0 Å². The largest absolute Gasteiger partial charge is 0.477 e. The number of benzene rings is 1. The van der Waals surface area contributed by atoms with E-state index in [1.54, 1.807) is 4.68 Å². The third-order valence-corrected chi connectivity index (χ3v) is 10.2. The van der Waals surface area contributed by atoms with E-state index in [0.717, 1.165) is 37.8 Å². The summed E-state index contributed by atoms with van der Waals surface area (Å²) in [5.74, 6) is -5.78. The topological polar surface area (TPSA) is 292 Å². The van der Waals surface area contributed by atoms with E-state index in [9.17, 15) is 53.5 Å². The molecule has 1 aliphatic heterocycles. The number of aliphatic hydroxyl groups excluding tert-OH is 4. The van der Waals surface area contributed by atoms with Crippen LogP contribution in [0, 0.1) is 0 Å². The van der Waals surface area contributed by atoms with Gasteiger partial charge in [0.25, 0.3) is 12.2 Å². The van der Waals surface area contributed by atoms with Gasteiger partial charge in [0.05, 0.1) is 96.4 Å². The fourth-order valence-corrected chi connectivity index (χ4v) is 6.67. The van der Waals surface area contributed by atoms with E-state index in [4.69, 9.17) is 28.4 Å². The first kappa shape index (κ1) is 55.0. The van der Waals surface area contributed by atoms with Crippen molar-refractivity contribution in [2.75, 3.05) is 79.2 Å². The standard InChI is InChI=1S/C42H66F2N6O15/c1-29(52)45-13-16-60-18-20-62-22-23-63-21-19-61-17-14-50-27-32(48-49-50)8-6-4-2-3-5-7-15-64-42(41(58)59)25-33(53)37(47-36(56)28-51)39(65-42)38(57)34(54)26-46-35(55)24-30-9-11-31(12-10-30)40(43)44/h9-12,27,33-34,37-40,51,53-54,57H,2-8,13-26,28H2,1H3,(H,45,52)(H,46,55)(H,47,56)(H,58,59)/t33-,34+,37+,38+,39+,42+/m0/s1. The lowest BCUT2D eigenvalue weighted by atomic mass is 9.88. The maximum atomic E-state index is 12.9. The second-order valence-electron chi connectivity index (χ2n) is 15.4. The monoisotopic (exact) mass is 932 g/mol. The van der Waals surface area contributed by atoms with Crippen molar-refractivity contribution < 1.29 is 81.9 Å². The number of ether oxygens (including phenoxy) is 6. The van der Waals surface area contributed by atoms with Gasteiger partial charge in [-0.25, -0.2) is 18.3 Å². The minimum Gasteiger partial charge on any atom is -0.477 e. The summed E-state index contributed by atoms with van der Waals surface area (Å²) in [6.45, 7) is 4.31. The van der Waals surface area contributed by atoms with Crippen LogP contribution in [0.2, 0.25) is 0 Å². The Balaban J connectivity index is 1.31. The maximum absolute atomic E-state index is 12.9. The second-order valence-corrected chi connectivity index (χ2v) is 15.4. The van der Waals surface area contributed by atoms with E-state index in [2.05, 4.69) is 26.3 Å². The van der Waals surface area contributed by atoms with Crippen molar-refractivity contribution in [1.29, 1.82) is 0 Å². The predicted octanol–water partition coefficient (Wildman–Crippen LogP) is -0.194. The number of alkyl halides is 2. The van der Waals surface area contributed by atoms with Gasteiger partial charge in [0.1, 0.15) is 18.8 Å². The smallest absolute Gasteiger partial charge is 0.364 e. The van der Waals surface area contributed by atoms with E-state index in [1.165, 1.54) is 31.2 Å². The predicted molar refractivity (Wildman–Crippen MR) is 224 cm³/mol. The molecule has 0 saturated carbocycles. The number of aliphatic hydroxyl groups is 4. The molecule has 8 N–H and O–H groups in total. The normalized spacial score (nSPS) is 19.5. The summed E-state index contributed by atoms with van der Waals surface area (Å²) in [4.78, 5) is 47.9. The van der Waals surface area contributed by atoms with Crippen LogP contribution in [0.15, 0.2) is 30.5 Å². The van der Waals surface area contributed by atoms with Gasteiger partial charge in [-0.05, 0) is 24.8 Å². The molecule has 65 heavy (non-hydrogen) atoms. The lowest BCUT2D eigenvalue weighted by molar-refractivity contribution is -0.310. The van der Waals surface area contributed by atoms with Gasteiger partial charge in [0.15, 0.2) is 0 Å². The number of carbonyl (C=O) groups excluding carboxylic acids is 3.